The molecule has 0 spiro atoms. The van der Waals surface area contributed by atoms with Crippen molar-refractivity contribution in [2.75, 3.05) is 0 Å². The summed E-state index contributed by atoms with van der Waals surface area (Å²) in [5.74, 6) is -2.07. The van der Waals surface area contributed by atoms with E-state index in [0.29, 0.717) is 6.29 Å². The van der Waals surface area contributed by atoms with Gasteiger partial charge in [-0.05, 0) is 12.1 Å². The van der Waals surface area contributed by atoms with Gasteiger partial charge in [-0.25, -0.2) is 8.78 Å². The predicted octanol–water partition coefficient (Wildman–Crippen LogP) is 2.27. The van der Waals surface area contributed by atoms with E-state index >= 15 is 0 Å². The van der Waals surface area contributed by atoms with Crippen molar-refractivity contribution < 1.29 is 13.6 Å². The van der Waals surface area contributed by atoms with Gasteiger partial charge in [0.1, 0.15) is 17.9 Å². The van der Waals surface area contributed by atoms with E-state index in [1.54, 1.807) is 0 Å². The molecule has 0 N–H and O–H groups in total. The van der Waals surface area contributed by atoms with Crippen molar-refractivity contribution in [2.24, 2.45) is 0 Å². The highest BCUT2D eigenvalue weighted by molar-refractivity contribution is 5.61. The fourth-order valence-electron chi connectivity index (χ4n) is 1.01. The molecule has 0 bridgehead atoms. The summed E-state index contributed by atoms with van der Waals surface area (Å²) in [4.78, 5) is 10.3. The minimum Gasteiger partial charge on any atom is -0.303 e. The molecule has 0 unspecified atom stereocenters. The number of hydrogen-bond donors (Lipinski definition) is 0. The van der Waals surface area contributed by atoms with Gasteiger partial charge >= 0.3 is 0 Å². The fourth-order valence-corrected chi connectivity index (χ4v) is 1.01. The molecule has 0 aliphatic carbocycles. The summed E-state index contributed by atoms with van der Waals surface area (Å²) in [5.41, 5.74) is -0.160. The number of carbonyl (C=O) groups excluding carboxylic acids is 1. The van der Waals surface area contributed by atoms with E-state index in [1.165, 1.54) is 13.0 Å². The highest BCUT2D eigenvalue weighted by Gasteiger charge is 2.14. The lowest BCUT2D eigenvalue weighted by Gasteiger charge is -2.05. The molecule has 1 rings (SSSR count). The second kappa shape index (κ2) is 3.43. The Kier molecular flexibility index (Phi) is 2.53. The van der Waals surface area contributed by atoms with Crippen molar-refractivity contribution in [2.45, 2.75) is 12.8 Å². The van der Waals surface area contributed by atoms with Crippen molar-refractivity contribution >= 4 is 6.29 Å². The van der Waals surface area contributed by atoms with Crippen molar-refractivity contribution in [3.8, 4) is 0 Å². The van der Waals surface area contributed by atoms with Crippen LogP contribution in [0.4, 0.5) is 8.78 Å². The zero-order valence-electron chi connectivity index (χ0n) is 6.55. The minimum absolute atomic E-state index is 0.160. The SMILES string of the molecule is C[C@H](C=O)c1c(F)cccc1F. The maximum Gasteiger partial charge on any atom is 0.130 e. The van der Waals surface area contributed by atoms with Gasteiger partial charge in [0.15, 0.2) is 0 Å². The van der Waals surface area contributed by atoms with Gasteiger partial charge in [-0.3, -0.25) is 0 Å². The average molecular weight is 170 g/mol. The highest BCUT2D eigenvalue weighted by atomic mass is 19.1. The minimum atomic E-state index is -0.730. The Morgan fingerprint density at radius 2 is 1.83 bits per heavy atom. The van der Waals surface area contributed by atoms with Crippen molar-refractivity contribution in [3.05, 3.63) is 35.4 Å². The van der Waals surface area contributed by atoms with Crippen molar-refractivity contribution in [3.63, 3.8) is 0 Å². The maximum absolute atomic E-state index is 12.9. The van der Waals surface area contributed by atoms with Crippen LogP contribution in [-0.2, 0) is 4.79 Å². The molecular weight excluding hydrogens is 162 g/mol. The van der Waals surface area contributed by atoms with E-state index in [1.807, 2.05) is 0 Å². The molecule has 0 aromatic heterocycles. The predicted molar refractivity (Wildman–Crippen MR) is 40.8 cm³/mol. The molecule has 12 heavy (non-hydrogen) atoms. The summed E-state index contributed by atoms with van der Waals surface area (Å²) >= 11 is 0. The zero-order chi connectivity index (χ0) is 9.14. The molecule has 0 aliphatic rings. The molecule has 1 nitrogen and oxygen atoms in total. The van der Waals surface area contributed by atoms with Gasteiger partial charge in [-0.15, -0.1) is 0 Å². The number of carbonyl (C=O) groups is 1. The van der Waals surface area contributed by atoms with Crippen LogP contribution < -0.4 is 0 Å². The molecule has 0 radical (unpaired) electrons. The van der Waals surface area contributed by atoms with E-state index in [0.717, 1.165) is 12.1 Å². The van der Waals surface area contributed by atoms with Gasteiger partial charge in [0, 0.05) is 11.5 Å². The maximum atomic E-state index is 12.9. The van der Waals surface area contributed by atoms with E-state index in [-0.39, 0.29) is 5.56 Å². The lowest BCUT2D eigenvalue weighted by atomic mass is 10.0. The monoisotopic (exact) mass is 170 g/mol. The van der Waals surface area contributed by atoms with Crippen LogP contribution in [0, 0.1) is 11.6 Å². The Morgan fingerprint density at radius 3 is 2.25 bits per heavy atom. The first-order valence-corrected chi connectivity index (χ1v) is 3.56. The second-order valence-electron chi connectivity index (χ2n) is 2.56. The lowest BCUT2D eigenvalue weighted by molar-refractivity contribution is -0.108. The summed E-state index contributed by atoms with van der Waals surface area (Å²) in [6.07, 6.45) is 0.515. The number of benzene rings is 1. The summed E-state index contributed by atoms with van der Waals surface area (Å²) < 4.78 is 25.8. The van der Waals surface area contributed by atoms with Crippen LogP contribution in [0.15, 0.2) is 18.2 Å². The molecular formula is C9H8F2O. The van der Waals surface area contributed by atoms with Crippen LogP contribution in [0.5, 0.6) is 0 Å². The molecule has 0 aliphatic heterocycles. The summed E-state index contributed by atoms with van der Waals surface area (Å²) in [6.45, 7) is 1.45. The van der Waals surface area contributed by atoms with E-state index in [9.17, 15) is 13.6 Å². The first kappa shape index (κ1) is 8.84. The van der Waals surface area contributed by atoms with Crippen LogP contribution in [0.1, 0.15) is 18.4 Å². The Labute approximate surface area is 69.0 Å². The second-order valence-corrected chi connectivity index (χ2v) is 2.56. The fraction of sp³-hybridized carbons (Fsp3) is 0.222. The molecule has 1 aromatic rings. The average Bonchev–Trinajstić information content (AvgIpc) is 2.03. The van der Waals surface area contributed by atoms with Gasteiger partial charge in [-0.1, -0.05) is 13.0 Å². The number of aldehydes is 1. The first-order chi connectivity index (χ1) is 5.66. The zero-order valence-corrected chi connectivity index (χ0v) is 6.55. The van der Waals surface area contributed by atoms with Gasteiger partial charge in [0.25, 0.3) is 0 Å². The Balaban J connectivity index is 3.20. The van der Waals surface area contributed by atoms with Crippen LogP contribution in [0.2, 0.25) is 0 Å². The molecule has 1 aromatic carbocycles. The van der Waals surface area contributed by atoms with Gasteiger partial charge < -0.3 is 4.79 Å². The summed E-state index contributed by atoms with van der Waals surface area (Å²) in [7, 11) is 0. The van der Waals surface area contributed by atoms with E-state index in [2.05, 4.69) is 0 Å². The Morgan fingerprint density at radius 1 is 1.33 bits per heavy atom. The summed E-state index contributed by atoms with van der Waals surface area (Å²) in [6, 6.07) is 3.54. The third-order valence-electron chi connectivity index (χ3n) is 1.66. The third-order valence-corrected chi connectivity index (χ3v) is 1.66. The van der Waals surface area contributed by atoms with E-state index < -0.39 is 17.6 Å². The third kappa shape index (κ3) is 1.49. The molecule has 0 heterocycles. The normalized spacial score (nSPS) is 12.6. The molecule has 0 fully saturated rings. The van der Waals surface area contributed by atoms with Crippen molar-refractivity contribution in [1.82, 2.24) is 0 Å². The number of halogens is 2. The highest BCUT2D eigenvalue weighted by Crippen LogP contribution is 2.19. The van der Waals surface area contributed by atoms with Crippen LogP contribution in [0.25, 0.3) is 0 Å². The standard InChI is InChI=1S/C9H8F2O/c1-6(5-12)9-7(10)3-2-4-8(9)11/h2-6H,1H3/t6-/m1/s1. The Bertz CT molecular complexity index is 276. The molecule has 0 amide bonds. The lowest BCUT2D eigenvalue weighted by Crippen LogP contribution is -2.01. The van der Waals surface area contributed by atoms with Crippen LogP contribution in [0.3, 0.4) is 0 Å². The van der Waals surface area contributed by atoms with Crippen LogP contribution in [-0.4, -0.2) is 6.29 Å². The van der Waals surface area contributed by atoms with Crippen molar-refractivity contribution in [1.29, 1.82) is 0 Å². The molecule has 64 valence electrons. The molecule has 0 saturated heterocycles. The van der Waals surface area contributed by atoms with Gasteiger partial charge in [0.2, 0.25) is 0 Å². The number of hydrogen-bond acceptors (Lipinski definition) is 1. The number of rotatable bonds is 2. The first-order valence-electron chi connectivity index (χ1n) is 3.56. The molecule has 0 saturated carbocycles. The smallest absolute Gasteiger partial charge is 0.130 e. The molecule has 3 heteroatoms. The quantitative estimate of drug-likeness (QED) is 0.622. The topological polar surface area (TPSA) is 17.1 Å². The largest absolute Gasteiger partial charge is 0.303 e. The van der Waals surface area contributed by atoms with Gasteiger partial charge in [0.05, 0.1) is 0 Å². The van der Waals surface area contributed by atoms with Gasteiger partial charge in [-0.2, -0.15) is 0 Å². The van der Waals surface area contributed by atoms with Crippen LogP contribution >= 0.6 is 0 Å². The van der Waals surface area contributed by atoms with E-state index in [4.69, 9.17) is 0 Å². The Hall–Kier alpha value is -1.25. The molecule has 1 atom stereocenters. The summed E-state index contributed by atoms with van der Waals surface area (Å²) in [5, 5.41) is 0.